The van der Waals surface area contributed by atoms with Crippen LogP contribution in [0.5, 0.6) is 5.75 Å². The molecule has 0 saturated heterocycles. The van der Waals surface area contributed by atoms with Crippen molar-refractivity contribution in [1.29, 1.82) is 10.5 Å². The Morgan fingerprint density at radius 1 is 1.35 bits per heavy atom. The van der Waals surface area contributed by atoms with E-state index in [1.807, 2.05) is 6.07 Å². The Bertz CT molecular complexity index is 506. The minimum Gasteiger partial charge on any atom is -0.491 e. The molecule has 4 heteroatoms. The van der Waals surface area contributed by atoms with Gasteiger partial charge in [-0.2, -0.15) is 10.5 Å². The average molecular weight is 227 g/mol. The summed E-state index contributed by atoms with van der Waals surface area (Å²) in [5.41, 5.74) is 6.81. The van der Waals surface area contributed by atoms with Crippen LogP contribution in [0.4, 0.5) is 5.69 Å². The molecular weight excluding hydrogens is 214 g/mol. The lowest BCUT2D eigenvalue weighted by molar-refractivity contribution is 0.238. The molecule has 0 amide bonds. The van der Waals surface area contributed by atoms with Crippen LogP contribution in [-0.4, -0.2) is 6.61 Å². The molecule has 4 nitrogen and oxygen atoms in total. The molecule has 0 aromatic heterocycles. The maximum atomic E-state index is 8.71. The first-order chi connectivity index (χ1) is 8.19. The second kappa shape index (κ2) is 4.35. The van der Waals surface area contributed by atoms with E-state index in [0.717, 1.165) is 12.8 Å². The van der Waals surface area contributed by atoms with Crippen LogP contribution in [0.15, 0.2) is 18.2 Å². The molecule has 0 aliphatic heterocycles. The number of ether oxygens (including phenoxy) is 1. The third-order valence-electron chi connectivity index (χ3n) is 3.08. The summed E-state index contributed by atoms with van der Waals surface area (Å²) in [5.74, 6) is 0.591. The molecule has 0 unspecified atom stereocenters. The molecule has 1 saturated carbocycles. The highest BCUT2D eigenvalue weighted by Crippen LogP contribution is 2.48. The van der Waals surface area contributed by atoms with E-state index in [1.165, 1.54) is 0 Å². The Morgan fingerprint density at radius 3 is 2.65 bits per heavy atom. The fraction of sp³-hybridized carbons (Fsp3) is 0.385. The van der Waals surface area contributed by atoms with Crippen molar-refractivity contribution >= 4 is 5.69 Å². The van der Waals surface area contributed by atoms with Crippen molar-refractivity contribution in [1.82, 2.24) is 0 Å². The summed E-state index contributed by atoms with van der Waals surface area (Å²) in [4.78, 5) is 0. The molecule has 17 heavy (non-hydrogen) atoms. The first-order valence-corrected chi connectivity index (χ1v) is 5.48. The molecular formula is C13H13N3O. The number of hydrogen-bond donors (Lipinski definition) is 1. The third kappa shape index (κ3) is 2.49. The van der Waals surface area contributed by atoms with E-state index >= 15 is 0 Å². The van der Waals surface area contributed by atoms with Gasteiger partial charge in [-0.3, -0.25) is 0 Å². The predicted octanol–water partition coefficient (Wildman–Crippen LogP) is 2.21. The monoisotopic (exact) mass is 227 g/mol. The van der Waals surface area contributed by atoms with Crippen LogP contribution in [0, 0.1) is 28.1 Å². The highest BCUT2D eigenvalue weighted by Gasteiger charge is 2.43. The summed E-state index contributed by atoms with van der Waals surface area (Å²) < 4.78 is 5.63. The minimum absolute atomic E-state index is 0.0368. The van der Waals surface area contributed by atoms with Gasteiger partial charge in [-0.1, -0.05) is 0 Å². The average Bonchev–Trinajstić information content (AvgIpc) is 3.08. The summed E-state index contributed by atoms with van der Waals surface area (Å²) in [6.45, 7) is 0.524. The molecule has 1 aromatic rings. The quantitative estimate of drug-likeness (QED) is 0.799. The van der Waals surface area contributed by atoms with Gasteiger partial charge in [0.1, 0.15) is 5.75 Å². The van der Waals surface area contributed by atoms with Gasteiger partial charge in [-0.25, -0.2) is 0 Å². The number of hydrogen-bond acceptors (Lipinski definition) is 4. The number of benzene rings is 1. The lowest BCUT2D eigenvalue weighted by Crippen LogP contribution is -2.13. The fourth-order valence-corrected chi connectivity index (χ4v) is 1.70. The van der Waals surface area contributed by atoms with E-state index in [9.17, 15) is 0 Å². The van der Waals surface area contributed by atoms with Crippen molar-refractivity contribution in [3.63, 3.8) is 0 Å². The smallest absolute Gasteiger partial charge is 0.142 e. The van der Waals surface area contributed by atoms with E-state index in [0.29, 0.717) is 30.0 Å². The molecule has 1 aliphatic rings. The molecule has 2 rings (SSSR count). The van der Waals surface area contributed by atoms with Gasteiger partial charge in [0.25, 0.3) is 0 Å². The molecule has 1 aliphatic carbocycles. The molecule has 0 heterocycles. The normalized spacial score (nSPS) is 15.6. The SMILES string of the molecule is N#CCC1(COc2ccc(C#N)cc2N)CC1. The van der Waals surface area contributed by atoms with Crippen LogP contribution in [0.3, 0.4) is 0 Å². The Labute approximate surface area is 100 Å². The van der Waals surface area contributed by atoms with Gasteiger partial charge >= 0.3 is 0 Å². The number of nitrogen functional groups attached to an aromatic ring is 1. The van der Waals surface area contributed by atoms with E-state index in [4.69, 9.17) is 21.0 Å². The van der Waals surface area contributed by atoms with E-state index in [-0.39, 0.29) is 5.41 Å². The van der Waals surface area contributed by atoms with Crippen LogP contribution in [-0.2, 0) is 0 Å². The molecule has 0 spiro atoms. The van der Waals surface area contributed by atoms with Gasteiger partial charge in [0.2, 0.25) is 0 Å². The molecule has 0 radical (unpaired) electrons. The molecule has 0 bridgehead atoms. The van der Waals surface area contributed by atoms with Gasteiger partial charge < -0.3 is 10.5 Å². The summed E-state index contributed by atoms with van der Waals surface area (Å²) in [7, 11) is 0. The minimum atomic E-state index is 0.0368. The molecule has 1 fully saturated rings. The highest BCUT2D eigenvalue weighted by atomic mass is 16.5. The Kier molecular flexibility index (Phi) is 2.89. The Morgan fingerprint density at radius 2 is 2.12 bits per heavy atom. The maximum absolute atomic E-state index is 8.71. The van der Waals surface area contributed by atoms with E-state index < -0.39 is 0 Å². The first kappa shape index (κ1) is 11.3. The van der Waals surface area contributed by atoms with Gasteiger partial charge in [-0.05, 0) is 31.0 Å². The van der Waals surface area contributed by atoms with Crippen molar-refractivity contribution in [2.75, 3.05) is 12.3 Å². The highest BCUT2D eigenvalue weighted by molar-refractivity contribution is 5.56. The number of anilines is 1. The van der Waals surface area contributed by atoms with Crippen molar-refractivity contribution in [3.8, 4) is 17.9 Å². The lowest BCUT2D eigenvalue weighted by atomic mass is 10.1. The van der Waals surface area contributed by atoms with Crippen LogP contribution >= 0.6 is 0 Å². The lowest BCUT2D eigenvalue weighted by Gasteiger charge is -2.14. The second-order valence-corrected chi connectivity index (χ2v) is 4.49. The van der Waals surface area contributed by atoms with Gasteiger partial charge in [0.05, 0.1) is 30.0 Å². The van der Waals surface area contributed by atoms with Gasteiger partial charge in [0, 0.05) is 11.8 Å². The number of rotatable bonds is 4. The van der Waals surface area contributed by atoms with Crippen molar-refractivity contribution in [3.05, 3.63) is 23.8 Å². The van der Waals surface area contributed by atoms with Crippen LogP contribution < -0.4 is 10.5 Å². The summed E-state index contributed by atoms with van der Waals surface area (Å²) in [6, 6.07) is 9.18. The number of nitrogens with zero attached hydrogens (tertiary/aromatic N) is 2. The fourth-order valence-electron chi connectivity index (χ4n) is 1.70. The van der Waals surface area contributed by atoms with Gasteiger partial charge in [-0.15, -0.1) is 0 Å². The zero-order valence-corrected chi connectivity index (χ0v) is 9.44. The maximum Gasteiger partial charge on any atom is 0.142 e. The van der Waals surface area contributed by atoms with Gasteiger partial charge in [0.15, 0.2) is 0 Å². The zero-order valence-electron chi connectivity index (χ0n) is 9.44. The molecule has 2 N–H and O–H groups in total. The van der Waals surface area contributed by atoms with Crippen molar-refractivity contribution in [2.45, 2.75) is 19.3 Å². The van der Waals surface area contributed by atoms with Crippen molar-refractivity contribution in [2.24, 2.45) is 5.41 Å². The second-order valence-electron chi connectivity index (χ2n) is 4.49. The van der Waals surface area contributed by atoms with Crippen molar-refractivity contribution < 1.29 is 4.74 Å². The predicted molar refractivity (Wildman–Crippen MR) is 63.0 cm³/mol. The standard InChI is InChI=1S/C13H13N3O/c14-6-5-13(3-4-13)9-17-12-2-1-10(8-15)7-11(12)16/h1-2,7H,3-5,9,16H2. The first-order valence-electron chi connectivity index (χ1n) is 5.48. The largest absolute Gasteiger partial charge is 0.491 e. The van der Waals surface area contributed by atoms with Crippen LogP contribution in [0.1, 0.15) is 24.8 Å². The Balaban J connectivity index is 2.01. The Hall–Kier alpha value is -2.20. The molecule has 1 aromatic carbocycles. The zero-order chi connectivity index (χ0) is 12.3. The number of nitrogens with two attached hydrogens (primary N) is 1. The topological polar surface area (TPSA) is 82.8 Å². The summed E-state index contributed by atoms with van der Waals surface area (Å²) >= 11 is 0. The van der Waals surface area contributed by atoms with Crippen LogP contribution in [0.2, 0.25) is 0 Å². The molecule has 0 atom stereocenters. The number of nitriles is 2. The summed E-state index contributed by atoms with van der Waals surface area (Å²) in [6.07, 6.45) is 2.61. The third-order valence-corrected chi connectivity index (χ3v) is 3.08. The molecule has 86 valence electrons. The van der Waals surface area contributed by atoms with E-state index in [2.05, 4.69) is 6.07 Å². The van der Waals surface area contributed by atoms with E-state index in [1.54, 1.807) is 18.2 Å². The summed E-state index contributed by atoms with van der Waals surface area (Å²) in [5, 5.41) is 17.4. The van der Waals surface area contributed by atoms with Crippen LogP contribution in [0.25, 0.3) is 0 Å².